The van der Waals surface area contributed by atoms with E-state index in [1.165, 1.54) is 0 Å². The summed E-state index contributed by atoms with van der Waals surface area (Å²) in [4.78, 5) is 22.5. The molecule has 0 spiro atoms. The molecule has 0 aromatic carbocycles. The highest BCUT2D eigenvalue weighted by molar-refractivity contribution is 5.76. The van der Waals surface area contributed by atoms with E-state index in [-0.39, 0.29) is 24.9 Å². The van der Waals surface area contributed by atoms with Gasteiger partial charge in [0.1, 0.15) is 6.10 Å². The van der Waals surface area contributed by atoms with Crippen LogP contribution in [0.3, 0.4) is 0 Å². The van der Waals surface area contributed by atoms with E-state index >= 15 is 0 Å². The lowest BCUT2D eigenvalue weighted by Crippen LogP contribution is -2.35. The lowest BCUT2D eigenvalue weighted by Gasteiger charge is -2.34. The van der Waals surface area contributed by atoms with Crippen molar-refractivity contribution in [3.05, 3.63) is 24.3 Å². The van der Waals surface area contributed by atoms with Gasteiger partial charge in [-0.2, -0.15) is 0 Å². The first kappa shape index (κ1) is 15.8. The van der Waals surface area contributed by atoms with Crippen molar-refractivity contribution in [1.29, 1.82) is 0 Å². The van der Waals surface area contributed by atoms with Crippen LogP contribution < -0.4 is 0 Å². The van der Waals surface area contributed by atoms with Crippen molar-refractivity contribution in [1.82, 2.24) is 0 Å². The van der Waals surface area contributed by atoms with Crippen LogP contribution in [0, 0.1) is 11.8 Å². The second kappa shape index (κ2) is 8.01. The molecule has 0 aliphatic heterocycles. The summed E-state index contributed by atoms with van der Waals surface area (Å²) in [6.07, 6.45) is 14.5. The fourth-order valence-electron chi connectivity index (χ4n) is 3.23. The SMILES string of the molecule is O=C(O)CCC(=O)OC(C1CC=CCC1)C1CC=CCC1. The van der Waals surface area contributed by atoms with Gasteiger partial charge in [0.25, 0.3) is 0 Å². The molecule has 116 valence electrons. The monoisotopic (exact) mass is 292 g/mol. The van der Waals surface area contributed by atoms with E-state index in [9.17, 15) is 9.59 Å². The van der Waals surface area contributed by atoms with Gasteiger partial charge in [0.2, 0.25) is 0 Å². The van der Waals surface area contributed by atoms with Crippen LogP contribution in [0.4, 0.5) is 0 Å². The van der Waals surface area contributed by atoms with E-state index in [4.69, 9.17) is 9.84 Å². The molecular formula is C17H24O4. The maximum atomic E-state index is 11.9. The summed E-state index contributed by atoms with van der Waals surface area (Å²) in [6, 6.07) is 0. The molecule has 0 amide bonds. The number of hydrogen-bond acceptors (Lipinski definition) is 3. The van der Waals surface area contributed by atoms with Crippen LogP contribution in [0.2, 0.25) is 0 Å². The molecule has 2 atom stereocenters. The Balaban J connectivity index is 1.97. The molecule has 0 aromatic heterocycles. The zero-order valence-electron chi connectivity index (χ0n) is 12.4. The van der Waals surface area contributed by atoms with Crippen molar-refractivity contribution in [3.63, 3.8) is 0 Å². The minimum Gasteiger partial charge on any atom is -0.481 e. The summed E-state index contributed by atoms with van der Waals surface area (Å²) >= 11 is 0. The molecule has 4 heteroatoms. The maximum absolute atomic E-state index is 11.9. The Bertz CT molecular complexity index is 401. The van der Waals surface area contributed by atoms with Crippen LogP contribution in [0.1, 0.15) is 51.4 Å². The van der Waals surface area contributed by atoms with Crippen molar-refractivity contribution < 1.29 is 19.4 Å². The lowest BCUT2D eigenvalue weighted by molar-refractivity contribution is -0.158. The molecule has 4 nitrogen and oxygen atoms in total. The smallest absolute Gasteiger partial charge is 0.306 e. The Hall–Kier alpha value is -1.58. The van der Waals surface area contributed by atoms with E-state index in [2.05, 4.69) is 24.3 Å². The quantitative estimate of drug-likeness (QED) is 0.601. The second-order valence-corrected chi connectivity index (χ2v) is 5.94. The number of hydrogen-bond donors (Lipinski definition) is 1. The number of carboxylic acids is 1. The molecule has 0 radical (unpaired) electrons. The molecule has 0 saturated carbocycles. The summed E-state index contributed by atoms with van der Waals surface area (Å²) in [6.45, 7) is 0. The number of aliphatic carboxylic acids is 1. The molecule has 0 heterocycles. The highest BCUT2D eigenvalue weighted by Crippen LogP contribution is 2.34. The summed E-state index contributed by atoms with van der Waals surface area (Å²) in [5.41, 5.74) is 0. The number of carbonyl (C=O) groups is 2. The third-order valence-corrected chi connectivity index (χ3v) is 4.36. The van der Waals surface area contributed by atoms with Gasteiger partial charge >= 0.3 is 11.9 Å². The van der Waals surface area contributed by atoms with Gasteiger partial charge < -0.3 is 9.84 Å². The molecule has 21 heavy (non-hydrogen) atoms. The van der Waals surface area contributed by atoms with Gasteiger partial charge in [-0.25, -0.2) is 0 Å². The molecular weight excluding hydrogens is 268 g/mol. The third kappa shape index (κ3) is 5.03. The molecule has 0 fully saturated rings. The van der Waals surface area contributed by atoms with E-state index in [0.717, 1.165) is 38.5 Å². The number of esters is 1. The Labute approximate surface area is 125 Å². The van der Waals surface area contributed by atoms with Crippen LogP contribution in [-0.2, 0) is 14.3 Å². The minimum atomic E-state index is -0.954. The van der Waals surface area contributed by atoms with Crippen LogP contribution >= 0.6 is 0 Å². The number of carboxylic acid groups (broad SMARTS) is 1. The molecule has 0 saturated heterocycles. The van der Waals surface area contributed by atoms with Crippen molar-refractivity contribution in [3.8, 4) is 0 Å². The highest BCUT2D eigenvalue weighted by atomic mass is 16.5. The first-order valence-corrected chi connectivity index (χ1v) is 7.88. The predicted molar refractivity (Wildman–Crippen MR) is 79.7 cm³/mol. The van der Waals surface area contributed by atoms with E-state index < -0.39 is 5.97 Å². The summed E-state index contributed by atoms with van der Waals surface area (Å²) < 4.78 is 5.71. The maximum Gasteiger partial charge on any atom is 0.306 e. The van der Waals surface area contributed by atoms with Crippen LogP contribution in [0.5, 0.6) is 0 Å². The Morgan fingerprint density at radius 1 is 1.00 bits per heavy atom. The van der Waals surface area contributed by atoms with Gasteiger partial charge in [-0.3, -0.25) is 9.59 Å². The molecule has 0 bridgehead atoms. The van der Waals surface area contributed by atoms with E-state index in [0.29, 0.717) is 11.8 Å². The highest BCUT2D eigenvalue weighted by Gasteiger charge is 2.32. The molecule has 2 rings (SSSR count). The Morgan fingerprint density at radius 2 is 1.57 bits per heavy atom. The lowest BCUT2D eigenvalue weighted by atomic mass is 9.78. The number of allylic oxidation sites excluding steroid dienone is 4. The number of rotatable bonds is 6. The first-order chi connectivity index (χ1) is 10.2. The normalized spacial score (nSPS) is 26.3. The molecule has 2 unspecified atom stereocenters. The van der Waals surface area contributed by atoms with Gasteiger partial charge in [-0.05, 0) is 50.4 Å². The van der Waals surface area contributed by atoms with Gasteiger partial charge in [-0.15, -0.1) is 0 Å². The van der Waals surface area contributed by atoms with Gasteiger partial charge in [-0.1, -0.05) is 24.3 Å². The second-order valence-electron chi connectivity index (χ2n) is 5.94. The zero-order valence-corrected chi connectivity index (χ0v) is 12.4. The largest absolute Gasteiger partial charge is 0.481 e. The fraction of sp³-hybridized carbons (Fsp3) is 0.647. The fourth-order valence-corrected chi connectivity index (χ4v) is 3.23. The van der Waals surface area contributed by atoms with Crippen molar-refractivity contribution >= 4 is 11.9 Å². The van der Waals surface area contributed by atoms with Gasteiger partial charge in [0.15, 0.2) is 0 Å². The topological polar surface area (TPSA) is 63.6 Å². The molecule has 2 aliphatic rings. The molecule has 2 aliphatic carbocycles. The summed E-state index contributed by atoms with van der Waals surface area (Å²) in [5.74, 6) is -0.572. The van der Waals surface area contributed by atoms with Crippen molar-refractivity contribution in [2.45, 2.75) is 57.5 Å². The van der Waals surface area contributed by atoms with Crippen molar-refractivity contribution in [2.24, 2.45) is 11.8 Å². The van der Waals surface area contributed by atoms with Crippen LogP contribution in [0.15, 0.2) is 24.3 Å². The van der Waals surface area contributed by atoms with E-state index in [1.807, 2.05) is 0 Å². The van der Waals surface area contributed by atoms with Crippen molar-refractivity contribution in [2.75, 3.05) is 0 Å². The standard InChI is InChI=1S/C17H24O4/c18-15(19)11-12-16(20)21-17(13-7-3-1-4-8-13)14-9-5-2-6-10-14/h1-3,5,13-14,17H,4,6-12H2,(H,18,19). The zero-order chi connectivity index (χ0) is 15.1. The average Bonchev–Trinajstić information content (AvgIpc) is 2.52. The molecule has 0 aromatic rings. The molecule has 1 N–H and O–H groups in total. The summed E-state index contributed by atoms with van der Waals surface area (Å²) in [5, 5.41) is 8.67. The Kier molecular flexibility index (Phi) is 6.03. The van der Waals surface area contributed by atoms with Gasteiger partial charge in [0.05, 0.1) is 12.8 Å². The third-order valence-electron chi connectivity index (χ3n) is 4.36. The number of ether oxygens (including phenoxy) is 1. The van der Waals surface area contributed by atoms with Crippen LogP contribution in [-0.4, -0.2) is 23.1 Å². The predicted octanol–water partition coefficient (Wildman–Crippen LogP) is 3.48. The average molecular weight is 292 g/mol. The minimum absolute atomic E-state index is 0.0308. The Morgan fingerprint density at radius 3 is 2.00 bits per heavy atom. The first-order valence-electron chi connectivity index (χ1n) is 7.88. The summed E-state index contributed by atoms with van der Waals surface area (Å²) in [7, 11) is 0. The van der Waals surface area contributed by atoms with E-state index in [1.54, 1.807) is 0 Å². The van der Waals surface area contributed by atoms with Gasteiger partial charge in [0, 0.05) is 0 Å². The van der Waals surface area contributed by atoms with Crippen LogP contribution in [0.25, 0.3) is 0 Å². The number of carbonyl (C=O) groups excluding carboxylic acids is 1.